The molecule has 0 spiro atoms. The molecular weight excluding hydrogens is 376 g/mol. The molecule has 1 N–H and O–H groups in total. The molecule has 0 radical (unpaired) electrons. The van der Waals surface area contributed by atoms with Crippen molar-refractivity contribution in [1.82, 2.24) is 9.88 Å². The highest BCUT2D eigenvalue weighted by molar-refractivity contribution is 7.81. The highest BCUT2D eigenvalue weighted by atomic mass is 32.1. The number of methoxy groups -OCH3 is 1. The zero-order chi connectivity index (χ0) is 21.1. The van der Waals surface area contributed by atoms with E-state index in [0.29, 0.717) is 0 Å². The van der Waals surface area contributed by atoms with Crippen LogP contribution in [-0.2, 0) is 25.6 Å². The number of alkyl carbamates (subject to hydrolysis) is 1. The van der Waals surface area contributed by atoms with Crippen molar-refractivity contribution in [3.63, 3.8) is 0 Å². The number of benzene rings is 1. The van der Waals surface area contributed by atoms with E-state index < -0.39 is 28.6 Å². The molecular formula is C21H28N2O4S. The molecule has 1 aromatic carbocycles. The van der Waals surface area contributed by atoms with E-state index >= 15 is 0 Å². The maximum absolute atomic E-state index is 12.3. The Morgan fingerprint density at radius 2 is 1.93 bits per heavy atom. The molecule has 7 heteroatoms. The van der Waals surface area contributed by atoms with Crippen molar-refractivity contribution in [2.75, 3.05) is 7.11 Å². The third-order valence-electron chi connectivity index (χ3n) is 4.27. The van der Waals surface area contributed by atoms with Gasteiger partial charge in [0.15, 0.2) is 0 Å². The molecule has 28 heavy (non-hydrogen) atoms. The molecule has 1 heterocycles. The smallest absolute Gasteiger partial charge is 0.408 e. The van der Waals surface area contributed by atoms with Crippen molar-refractivity contribution in [2.45, 2.75) is 50.6 Å². The van der Waals surface area contributed by atoms with Crippen LogP contribution in [0.1, 0.15) is 33.3 Å². The molecule has 2 aromatic rings. The summed E-state index contributed by atoms with van der Waals surface area (Å²) in [5.74, 6) is -0.542. The largest absolute Gasteiger partial charge is 0.467 e. The zero-order valence-corrected chi connectivity index (χ0v) is 17.9. The molecule has 0 saturated heterocycles. The summed E-state index contributed by atoms with van der Waals surface area (Å²) < 4.78 is 12.1. The van der Waals surface area contributed by atoms with Crippen LogP contribution < -0.4 is 5.32 Å². The first-order valence-corrected chi connectivity index (χ1v) is 9.46. The lowest BCUT2D eigenvalue weighted by Crippen LogP contribution is -2.45. The molecule has 2 rings (SSSR count). The van der Waals surface area contributed by atoms with E-state index in [1.807, 2.05) is 42.0 Å². The van der Waals surface area contributed by atoms with Crippen molar-refractivity contribution >= 4 is 35.6 Å². The summed E-state index contributed by atoms with van der Waals surface area (Å²) >= 11 is 4.68. The van der Waals surface area contributed by atoms with E-state index in [9.17, 15) is 9.59 Å². The number of rotatable bonds is 6. The highest BCUT2D eigenvalue weighted by Gasteiger charge is 2.28. The predicted molar refractivity (Wildman–Crippen MR) is 114 cm³/mol. The quantitative estimate of drug-likeness (QED) is 0.433. The molecule has 0 aliphatic heterocycles. The third-order valence-corrected chi connectivity index (χ3v) is 4.67. The van der Waals surface area contributed by atoms with Crippen molar-refractivity contribution in [1.29, 1.82) is 0 Å². The number of esters is 1. The second-order valence-electron chi connectivity index (χ2n) is 7.77. The van der Waals surface area contributed by atoms with Crippen LogP contribution >= 0.6 is 12.6 Å². The molecule has 1 amide bonds. The molecule has 0 saturated carbocycles. The predicted octanol–water partition coefficient (Wildman–Crippen LogP) is 4.04. The Bertz CT molecular complexity index is 880. The van der Waals surface area contributed by atoms with Crippen LogP contribution in [0.2, 0.25) is 0 Å². The van der Waals surface area contributed by atoms with E-state index in [2.05, 4.69) is 24.5 Å². The van der Waals surface area contributed by atoms with Crippen LogP contribution in [0.3, 0.4) is 0 Å². The van der Waals surface area contributed by atoms with Gasteiger partial charge in [0.1, 0.15) is 16.5 Å². The summed E-state index contributed by atoms with van der Waals surface area (Å²) in [6.45, 7) is 11.1. The molecule has 1 aromatic heterocycles. The van der Waals surface area contributed by atoms with Gasteiger partial charge in [0.2, 0.25) is 0 Å². The lowest BCUT2D eigenvalue weighted by molar-refractivity contribution is -0.143. The molecule has 0 bridgehead atoms. The van der Waals surface area contributed by atoms with Crippen molar-refractivity contribution < 1.29 is 19.1 Å². The van der Waals surface area contributed by atoms with Crippen molar-refractivity contribution in [2.24, 2.45) is 0 Å². The van der Waals surface area contributed by atoms with Gasteiger partial charge in [0, 0.05) is 23.5 Å². The van der Waals surface area contributed by atoms with Gasteiger partial charge in [-0.2, -0.15) is 0 Å². The minimum Gasteiger partial charge on any atom is -0.467 e. The normalized spacial score (nSPS) is 14.8. The number of ether oxygens (including phenoxy) is 2. The Labute approximate surface area is 171 Å². The topological polar surface area (TPSA) is 69.6 Å². The lowest BCUT2D eigenvalue weighted by atomic mass is 10.1. The van der Waals surface area contributed by atoms with E-state index in [0.717, 1.165) is 16.5 Å². The van der Waals surface area contributed by atoms with Crippen LogP contribution in [0.25, 0.3) is 10.9 Å². The number of carbonyl (C=O) groups is 2. The van der Waals surface area contributed by atoms with Gasteiger partial charge < -0.3 is 19.4 Å². The molecule has 0 fully saturated rings. The zero-order valence-electron chi connectivity index (χ0n) is 17.0. The first-order chi connectivity index (χ1) is 13.0. The summed E-state index contributed by atoms with van der Waals surface area (Å²) in [5.41, 5.74) is 1.17. The number of aromatic nitrogens is 1. The van der Waals surface area contributed by atoms with Crippen molar-refractivity contribution in [3.05, 3.63) is 48.7 Å². The Kier molecular flexibility index (Phi) is 6.49. The fraction of sp³-hybridized carbons (Fsp3) is 0.429. The van der Waals surface area contributed by atoms with E-state index in [-0.39, 0.29) is 6.42 Å². The van der Waals surface area contributed by atoms with Crippen LogP contribution in [0.15, 0.2) is 43.1 Å². The van der Waals surface area contributed by atoms with Gasteiger partial charge in [-0.3, -0.25) is 0 Å². The second kappa shape index (κ2) is 8.31. The average Bonchev–Trinajstić information content (AvgIpc) is 2.98. The number of amides is 1. The SMILES string of the molecule is C=CC(C)(S)n1cc(CC(NC(=O)OC(C)(C)C)C(=O)OC)c2ccccc21. The number of carbonyl (C=O) groups excluding carboxylic acids is 2. The molecule has 0 aliphatic rings. The fourth-order valence-corrected chi connectivity index (χ4v) is 3.06. The fourth-order valence-electron chi connectivity index (χ4n) is 2.89. The minimum atomic E-state index is -0.881. The van der Waals surface area contributed by atoms with Crippen molar-refractivity contribution in [3.8, 4) is 0 Å². The first kappa shape index (κ1) is 21.9. The Morgan fingerprint density at radius 3 is 2.50 bits per heavy atom. The number of fused-ring (bicyclic) bond motifs is 1. The van der Waals surface area contributed by atoms with Gasteiger partial charge in [-0.15, -0.1) is 12.6 Å². The molecule has 0 aliphatic carbocycles. The van der Waals surface area contributed by atoms with Gasteiger partial charge in [-0.05, 0) is 39.3 Å². The van der Waals surface area contributed by atoms with Gasteiger partial charge >= 0.3 is 12.1 Å². The first-order valence-electron chi connectivity index (χ1n) is 9.01. The van der Waals surface area contributed by atoms with E-state index in [1.165, 1.54) is 7.11 Å². The molecule has 2 unspecified atom stereocenters. The second-order valence-corrected chi connectivity index (χ2v) is 8.67. The number of hydrogen-bond acceptors (Lipinski definition) is 5. The number of nitrogens with one attached hydrogen (secondary N) is 1. The Balaban J connectivity index is 2.39. The lowest BCUT2D eigenvalue weighted by Gasteiger charge is -2.23. The third kappa shape index (κ3) is 5.10. The maximum atomic E-state index is 12.3. The number of thiol groups is 1. The van der Waals surface area contributed by atoms with Gasteiger partial charge in [-0.1, -0.05) is 30.9 Å². The van der Waals surface area contributed by atoms with E-state index in [1.54, 1.807) is 26.8 Å². The van der Waals surface area contributed by atoms with Crippen LogP contribution in [0, 0.1) is 0 Å². The van der Waals surface area contributed by atoms with Crippen LogP contribution in [0.4, 0.5) is 4.79 Å². The summed E-state index contributed by atoms with van der Waals surface area (Å²) in [4.78, 5) is 23.9. The maximum Gasteiger partial charge on any atom is 0.408 e. The van der Waals surface area contributed by atoms with Gasteiger partial charge in [0.25, 0.3) is 0 Å². The Morgan fingerprint density at radius 1 is 1.29 bits per heavy atom. The average molecular weight is 405 g/mol. The number of nitrogens with zero attached hydrogens (tertiary/aromatic N) is 1. The van der Waals surface area contributed by atoms with Gasteiger partial charge in [-0.25, -0.2) is 9.59 Å². The summed E-state index contributed by atoms with van der Waals surface area (Å²) in [6.07, 6.45) is 3.24. The van der Waals surface area contributed by atoms with E-state index in [4.69, 9.17) is 9.47 Å². The summed E-state index contributed by atoms with van der Waals surface area (Å²) in [6, 6.07) is 6.93. The Hall–Kier alpha value is -2.41. The summed E-state index contributed by atoms with van der Waals surface area (Å²) in [5, 5.41) is 3.58. The van der Waals surface area contributed by atoms with Crippen LogP contribution in [-0.4, -0.2) is 35.4 Å². The van der Waals surface area contributed by atoms with Crippen LogP contribution in [0.5, 0.6) is 0 Å². The number of para-hydroxylation sites is 1. The highest BCUT2D eigenvalue weighted by Crippen LogP contribution is 2.31. The molecule has 2 atom stereocenters. The number of hydrogen-bond donors (Lipinski definition) is 2. The summed E-state index contributed by atoms with van der Waals surface area (Å²) in [7, 11) is 1.29. The minimum absolute atomic E-state index is 0.250. The standard InChI is InChI=1S/C21H28N2O4S/c1-7-21(5,28)23-13-14(15-10-8-9-11-17(15)23)12-16(18(24)26-6)22-19(25)27-20(2,3)4/h7-11,13,16,28H,1,12H2,2-6H3,(H,22,25). The van der Waals surface area contributed by atoms with Gasteiger partial charge in [0.05, 0.1) is 7.11 Å². The molecule has 152 valence electrons. The monoisotopic (exact) mass is 404 g/mol. The molecule has 6 nitrogen and oxygen atoms in total.